The Bertz CT molecular complexity index is 32.0. The number of alkyl halides is 2. The van der Waals surface area contributed by atoms with Crippen LogP contribution in [0.4, 0.5) is 0 Å². The highest BCUT2D eigenvalue weighted by Crippen LogP contribution is 2.02. The van der Waals surface area contributed by atoms with Crippen molar-refractivity contribution in [2.24, 2.45) is 0 Å². The molecule has 1 radical (unpaired) electrons. The van der Waals surface area contributed by atoms with Crippen LogP contribution in [0, 0.1) is 0 Å². The van der Waals surface area contributed by atoms with Crippen LogP contribution in [0.5, 0.6) is 0 Å². The Morgan fingerprint density at radius 2 is 2.33 bits per heavy atom. The minimum absolute atomic E-state index is 0.547. The summed E-state index contributed by atoms with van der Waals surface area (Å²) in [6.45, 7) is 0. The summed E-state index contributed by atoms with van der Waals surface area (Å²) < 4.78 is 0.942. The van der Waals surface area contributed by atoms with Gasteiger partial charge in [0.15, 0.2) is 0 Å². The van der Waals surface area contributed by atoms with E-state index in [1.807, 2.05) is 0 Å². The van der Waals surface area contributed by atoms with Crippen molar-refractivity contribution >= 4 is 38.5 Å². The van der Waals surface area contributed by atoms with Crippen LogP contribution in [0.3, 0.4) is 0 Å². The highest BCUT2D eigenvalue weighted by atomic mass is 127. The molecule has 0 aliphatic carbocycles. The lowest BCUT2D eigenvalue weighted by Crippen LogP contribution is -1.90. The first kappa shape index (κ1) is 7.17. The molecule has 1 atom stereocenters. The van der Waals surface area contributed by atoms with Gasteiger partial charge in [0.25, 0.3) is 0 Å². The first-order valence-electron chi connectivity index (χ1n) is 1.63. The van der Waals surface area contributed by atoms with Gasteiger partial charge in [-0.15, -0.1) is 0 Å². The fourth-order valence-corrected chi connectivity index (χ4v) is 1.74. The van der Waals surface area contributed by atoms with Crippen LogP contribution >= 0.6 is 38.5 Å². The third kappa shape index (κ3) is 5.17. The molecule has 0 aromatic carbocycles. The van der Waals surface area contributed by atoms with Crippen molar-refractivity contribution in [3.63, 3.8) is 0 Å². The highest BCUT2D eigenvalue weighted by molar-refractivity contribution is 14.1. The summed E-state index contributed by atoms with van der Waals surface area (Å²) >= 11 is 5.05. The molecule has 0 saturated heterocycles. The van der Waals surface area contributed by atoms with Crippen molar-refractivity contribution in [3.05, 3.63) is 0 Å². The molecule has 0 spiro atoms. The van der Waals surface area contributed by atoms with Gasteiger partial charge in [0, 0.05) is 4.43 Å². The van der Waals surface area contributed by atoms with E-state index < -0.39 is 5.01 Å². The van der Waals surface area contributed by atoms with Crippen molar-refractivity contribution < 1.29 is 5.11 Å². The molecule has 0 heterocycles. The summed E-state index contributed by atoms with van der Waals surface area (Å²) in [7, 11) is 0. The molecule has 0 aromatic rings. The molecule has 3 heteroatoms. The quantitative estimate of drug-likeness (QED) is 0.536. The summed E-state index contributed by atoms with van der Waals surface area (Å²) in [6, 6.07) is 0. The van der Waals surface area contributed by atoms with Gasteiger partial charge in [-0.25, -0.2) is 5.11 Å². The Balaban J connectivity index is 2.63. The third-order valence-electron chi connectivity index (χ3n) is 0.336. The highest BCUT2D eigenvalue weighted by Gasteiger charge is 1.93. The van der Waals surface area contributed by atoms with Crippen LogP contribution in [0.2, 0.25) is 0 Å². The summed E-state index contributed by atoms with van der Waals surface area (Å²) in [5.41, 5.74) is 0. The maximum atomic E-state index is 10.0. The number of hydrogen-bond acceptors (Lipinski definition) is 0. The molecule has 1 nitrogen and oxygen atoms in total. The van der Waals surface area contributed by atoms with E-state index in [0.717, 1.165) is 10.8 Å². The second-order valence-corrected chi connectivity index (χ2v) is 2.99. The van der Waals surface area contributed by atoms with Gasteiger partial charge >= 0.3 is 0 Å². The second kappa shape index (κ2) is 4.33. The monoisotopic (exact) mass is 263 g/mol. The Labute approximate surface area is 59.4 Å². The molecule has 37 valence electrons. The standard InChI is InChI=1S/C3H5BrIO/c4-3(6)1-2-5/h3H,1-2H2. The first-order valence-corrected chi connectivity index (χ1v) is 4.07. The molecule has 0 aromatic heterocycles. The lowest BCUT2D eigenvalue weighted by Gasteiger charge is -1.88. The Morgan fingerprint density at radius 3 is 2.33 bits per heavy atom. The lowest BCUT2D eigenvalue weighted by molar-refractivity contribution is 0.169. The van der Waals surface area contributed by atoms with Crippen molar-refractivity contribution in [1.82, 2.24) is 0 Å². The third-order valence-corrected chi connectivity index (χ3v) is 1.42. The van der Waals surface area contributed by atoms with Gasteiger partial charge < -0.3 is 0 Å². The van der Waals surface area contributed by atoms with Crippen LogP contribution in [-0.4, -0.2) is 9.44 Å². The van der Waals surface area contributed by atoms with Gasteiger partial charge in [-0.2, -0.15) is 0 Å². The largest absolute Gasteiger partial charge is 0.221 e. The molecule has 0 aliphatic heterocycles. The maximum Gasteiger partial charge on any atom is 0.148 e. The summed E-state index contributed by atoms with van der Waals surface area (Å²) in [5, 5.41) is 9.49. The van der Waals surface area contributed by atoms with Crippen LogP contribution in [0.15, 0.2) is 0 Å². The smallest absolute Gasteiger partial charge is 0.148 e. The van der Waals surface area contributed by atoms with E-state index in [1.54, 1.807) is 0 Å². The fourth-order valence-electron chi connectivity index (χ4n) is 0.0858. The molecule has 0 saturated carbocycles. The Morgan fingerprint density at radius 1 is 1.83 bits per heavy atom. The van der Waals surface area contributed by atoms with E-state index in [0.29, 0.717) is 0 Å². The molecule has 0 bridgehead atoms. The van der Waals surface area contributed by atoms with Crippen LogP contribution in [-0.2, 0) is 5.11 Å². The molecule has 0 rings (SSSR count). The average molecular weight is 264 g/mol. The Kier molecular flexibility index (Phi) is 5.18. The molecule has 0 N–H and O–H groups in total. The van der Waals surface area contributed by atoms with Gasteiger partial charge in [-0.3, -0.25) is 0 Å². The minimum Gasteiger partial charge on any atom is -0.221 e. The van der Waals surface area contributed by atoms with E-state index >= 15 is 0 Å². The summed E-state index contributed by atoms with van der Waals surface area (Å²) in [4.78, 5) is 0. The van der Waals surface area contributed by atoms with Crippen molar-refractivity contribution in [1.29, 1.82) is 0 Å². The zero-order valence-electron chi connectivity index (χ0n) is 3.16. The van der Waals surface area contributed by atoms with E-state index in [1.165, 1.54) is 0 Å². The van der Waals surface area contributed by atoms with Gasteiger partial charge in [-0.1, -0.05) is 38.5 Å². The van der Waals surface area contributed by atoms with E-state index in [4.69, 9.17) is 0 Å². The molecule has 0 aliphatic rings. The lowest BCUT2D eigenvalue weighted by atomic mass is 10.5. The molecular weight excluding hydrogens is 259 g/mol. The van der Waals surface area contributed by atoms with E-state index in [-0.39, 0.29) is 0 Å². The molecule has 0 fully saturated rings. The van der Waals surface area contributed by atoms with E-state index in [9.17, 15) is 5.11 Å². The van der Waals surface area contributed by atoms with Crippen molar-refractivity contribution in [2.45, 2.75) is 11.4 Å². The van der Waals surface area contributed by atoms with Gasteiger partial charge in [-0.05, 0) is 6.42 Å². The van der Waals surface area contributed by atoms with Crippen molar-refractivity contribution in [3.8, 4) is 0 Å². The Hall–Kier alpha value is 1.17. The maximum absolute atomic E-state index is 10.0. The molecule has 0 amide bonds. The zero-order valence-corrected chi connectivity index (χ0v) is 6.90. The molecular formula is C3H5BrIO. The normalized spacial score (nSPS) is 14.5. The number of halogens is 2. The number of hydrogen-bond donors (Lipinski definition) is 0. The van der Waals surface area contributed by atoms with Gasteiger partial charge in [0.1, 0.15) is 5.01 Å². The van der Waals surface area contributed by atoms with Crippen LogP contribution in [0.1, 0.15) is 6.42 Å². The van der Waals surface area contributed by atoms with Gasteiger partial charge in [0.2, 0.25) is 0 Å². The van der Waals surface area contributed by atoms with Crippen LogP contribution < -0.4 is 0 Å². The fraction of sp³-hybridized carbons (Fsp3) is 1.00. The topological polar surface area (TPSA) is 19.9 Å². The predicted molar refractivity (Wildman–Crippen MR) is 36.9 cm³/mol. The van der Waals surface area contributed by atoms with Crippen LogP contribution in [0.25, 0.3) is 0 Å². The predicted octanol–water partition coefficient (Wildman–Crippen LogP) is 1.96. The molecule has 1 unspecified atom stereocenters. The zero-order chi connectivity index (χ0) is 4.99. The first-order chi connectivity index (χ1) is 2.77. The molecule has 6 heavy (non-hydrogen) atoms. The van der Waals surface area contributed by atoms with Gasteiger partial charge in [0.05, 0.1) is 0 Å². The SMILES string of the molecule is [O]C(Br)CCI. The number of rotatable bonds is 2. The summed E-state index contributed by atoms with van der Waals surface area (Å²) in [5.74, 6) is 0. The average Bonchev–Trinajstić information content (AvgIpc) is 1.35. The van der Waals surface area contributed by atoms with Crippen molar-refractivity contribution in [2.75, 3.05) is 4.43 Å². The minimum atomic E-state index is -0.547. The summed E-state index contributed by atoms with van der Waals surface area (Å²) in [6.07, 6.45) is 0.723. The second-order valence-electron chi connectivity index (χ2n) is 0.888. The van der Waals surface area contributed by atoms with E-state index in [2.05, 4.69) is 38.5 Å².